The normalized spacial score (nSPS) is 22.5. The van der Waals surface area contributed by atoms with Crippen molar-refractivity contribution in [2.75, 3.05) is 25.0 Å². The van der Waals surface area contributed by atoms with Crippen LogP contribution < -0.4 is 5.32 Å². The van der Waals surface area contributed by atoms with Crippen molar-refractivity contribution in [1.82, 2.24) is 14.9 Å². The number of anilines is 1. The van der Waals surface area contributed by atoms with E-state index in [-0.39, 0.29) is 0 Å². The number of likely N-dealkylation sites (tertiary alicyclic amines) is 1. The van der Waals surface area contributed by atoms with Crippen LogP contribution in [-0.4, -0.2) is 51.6 Å². The Bertz CT molecular complexity index is 582. The van der Waals surface area contributed by atoms with Gasteiger partial charge in [-0.15, -0.1) is 0 Å². The third-order valence-electron chi connectivity index (χ3n) is 5.27. The van der Waals surface area contributed by atoms with Gasteiger partial charge in [-0.2, -0.15) is 0 Å². The molecule has 1 aromatic heterocycles. The maximum Gasteiger partial charge on any atom is 0.328 e. The van der Waals surface area contributed by atoms with Crippen LogP contribution in [0.25, 0.3) is 6.08 Å². The van der Waals surface area contributed by atoms with Gasteiger partial charge in [-0.3, -0.25) is 4.98 Å². The lowest BCUT2D eigenvalue weighted by Gasteiger charge is -2.24. The molecule has 1 saturated carbocycles. The third kappa shape index (κ3) is 5.81. The highest BCUT2D eigenvalue weighted by molar-refractivity contribution is 5.84. The van der Waals surface area contributed by atoms with Gasteiger partial charge in [-0.25, -0.2) is 9.78 Å². The molecule has 1 aliphatic heterocycles. The summed E-state index contributed by atoms with van der Waals surface area (Å²) in [6.07, 6.45) is 15.4. The molecule has 0 radical (unpaired) electrons. The lowest BCUT2D eigenvalue weighted by molar-refractivity contribution is -0.131. The standard InChI is InChI=1S/C19H28N4O2/c24-19(25)7-6-16-12-21-18(13-20-16)22-17-9-11-23(14-17)10-8-15-4-2-1-3-5-15/h6-7,12-13,15,17H,1-5,8-11,14H2,(H,21,22)(H,24,25)/t17-/m1/s1. The molecular weight excluding hydrogens is 316 g/mol. The monoisotopic (exact) mass is 344 g/mol. The Morgan fingerprint density at radius 3 is 2.80 bits per heavy atom. The minimum atomic E-state index is -0.983. The molecule has 2 N–H and O–H groups in total. The number of rotatable bonds is 7. The summed E-state index contributed by atoms with van der Waals surface area (Å²) in [4.78, 5) is 21.6. The van der Waals surface area contributed by atoms with Crippen molar-refractivity contribution >= 4 is 17.9 Å². The number of carboxylic acids is 1. The van der Waals surface area contributed by atoms with Crippen molar-refractivity contribution in [1.29, 1.82) is 0 Å². The van der Waals surface area contributed by atoms with Crippen LogP contribution in [0, 0.1) is 5.92 Å². The first-order chi connectivity index (χ1) is 12.2. The van der Waals surface area contributed by atoms with Gasteiger partial charge in [0.15, 0.2) is 0 Å². The average Bonchev–Trinajstić information content (AvgIpc) is 3.08. The predicted molar refractivity (Wildman–Crippen MR) is 98.4 cm³/mol. The Kier molecular flexibility index (Phi) is 6.39. The SMILES string of the molecule is O=C(O)C=Cc1cnc(N[C@@H]2CCN(CCC3CCCCC3)C2)cn1. The van der Waals surface area contributed by atoms with Crippen LogP contribution in [-0.2, 0) is 4.79 Å². The molecule has 6 nitrogen and oxygen atoms in total. The van der Waals surface area contributed by atoms with Crippen molar-refractivity contribution in [2.24, 2.45) is 5.92 Å². The number of aliphatic carboxylic acids is 1. The van der Waals surface area contributed by atoms with Gasteiger partial charge in [0.05, 0.1) is 18.1 Å². The smallest absolute Gasteiger partial charge is 0.328 e. The molecule has 0 aromatic carbocycles. The van der Waals surface area contributed by atoms with E-state index >= 15 is 0 Å². The zero-order valence-electron chi connectivity index (χ0n) is 14.7. The fourth-order valence-electron chi connectivity index (χ4n) is 3.86. The zero-order chi connectivity index (χ0) is 17.5. The maximum atomic E-state index is 10.5. The van der Waals surface area contributed by atoms with Crippen LogP contribution in [0.5, 0.6) is 0 Å². The average molecular weight is 344 g/mol. The first kappa shape index (κ1) is 17.9. The number of carbonyl (C=O) groups is 1. The van der Waals surface area contributed by atoms with Crippen molar-refractivity contribution in [3.05, 3.63) is 24.2 Å². The highest BCUT2D eigenvalue weighted by Crippen LogP contribution is 2.27. The third-order valence-corrected chi connectivity index (χ3v) is 5.27. The molecule has 3 rings (SSSR count). The zero-order valence-corrected chi connectivity index (χ0v) is 14.7. The van der Waals surface area contributed by atoms with Gasteiger partial charge in [0.2, 0.25) is 0 Å². The molecule has 1 atom stereocenters. The van der Waals surface area contributed by atoms with Gasteiger partial charge in [-0.05, 0) is 31.4 Å². The van der Waals surface area contributed by atoms with Crippen molar-refractivity contribution in [3.63, 3.8) is 0 Å². The Morgan fingerprint density at radius 2 is 2.08 bits per heavy atom. The van der Waals surface area contributed by atoms with E-state index in [9.17, 15) is 4.79 Å². The summed E-state index contributed by atoms with van der Waals surface area (Å²) in [5.74, 6) is 0.716. The van der Waals surface area contributed by atoms with E-state index in [0.29, 0.717) is 11.7 Å². The van der Waals surface area contributed by atoms with E-state index in [1.165, 1.54) is 51.1 Å². The van der Waals surface area contributed by atoms with E-state index in [1.807, 2.05) is 0 Å². The molecule has 0 amide bonds. The van der Waals surface area contributed by atoms with Crippen LogP contribution in [0.2, 0.25) is 0 Å². The Morgan fingerprint density at radius 1 is 1.24 bits per heavy atom. The first-order valence-corrected chi connectivity index (χ1v) is 9.41. The summed E-state index contributed by atoms with van der Waals surface area (Å²) < 4.78 is 0. The Balaban J connectivity index is 1.41. The molecule has 6 heteroatoms. The summed E-state index contributed by atoms with van der Waals surface area (Å²) in [6, 6.07) is 0.418. The number of nitrogens with zero attached hydrogens (tertiary/aromatic N) is 3. The summed E-state index contributed by atoms with van der Waals surface area (Å²) in [5.41, 5.74) is 0.550. The molecule has 1 aromatic rings. The largest absolute Gasteiger partial charge is 0.478 e. The van der Waals surface area contributed by atoms with Crippen LogP contribution in [0.15, 0.2) is 18.5 Å². The van der Waals surface area contributed by atoms with Gasteiger partial charge in [0, 0.05) is 25.2 Å². The number of nitrogens with one attached hydrogen (secondary N) is 1. The van der Waals surface area contributed by atoms with E-state index in [4.69, 9.17) is 5.11 Å². The fraction of sp³-hybridized carbons (Fsp3) is 0.632. The molecule has 2 heterocycles. The van der Waals surface area contributed by atoms with Crippen LogP contribution in [0.3, 0.4) is 0 Å². The minimum Gasteiger partial charge on any atom is -0.478 e. The quantitative estimate of drug-likeness (QED) is 0.740. The molecule has 0 bridgehead atoms. The topological polar surface area (TPSA) is 78.3 Å². The second-order valence-electron chi connectivity index (χ2n) is 7.22. The van der Waals surface area contributed by atoms with Gasteiger partial charge >= 0.3 is 5.97 Å². The number of hydrogen-bond donors (Lipinski definition) is 2. The van der Waals surface area contributed by atoms with Crippen molar-refractivity contribution < 1.29 is 9.90 Å². The maximum absolute atomic E-state index is 10.5. The number of hydrogen-bond acceptors (Lipinski definition) is 5. The molecule has 136 valence electrons. The van der Waals surface area contributed by atoms with Crippen molar-refractivity contribution in [2.45, 2.75) is 51.0 Å². The highest BCUT2D eigenvalue weighted by Gasteiger charge is 2.23. The van der Waals surface area contributed by atoms with Gasteiger partial charge < -0.3 is 15.3 Å². The Labute approximate surface area is 149 Å². The fourth-order valence-corrected chi connectivity index (χ4v) is 3.86. The summed E-state index contributed by atoms with van der Waals surface area (Å²) in [6.45, 7) is 3.43. The molecule has 25 heavy (non-hydrogen) atoms. The van der Waals surface area contributed by atoms with E-state index in [0.717, 1.165) is 37.3 Å². The lowest BCUT2D eigenvalue weighted by atomic mass is 9.87. The summed E-state index contributed by atoms with van der Waals surface area (Å²) in [7, 11) is 0. The molecule has 1 saturated heterocycles. The van der Waals surface area contributed by atoms with Gasteiger partial charge in [0.25, 0.3) is 0 Å². The van der Waals surface area contributed by atoms with Gasteiger partial charge in [-0.1, -0.05) is 32.1 Å². The second kappa shape index (κ2) is 8.94. The predicted octanol–water partition coefficient (Wildman–Crippen LogP) is 3.03. The van der Waals surface area contributed by atoms with Crippen LogP contribution in [0.4, 0.5) is 5.82 Å². The second-order valence-corrected chi connectivity index (χ2v) is 7.22. The highest BCUT2D eigenvalue weighted by atomic mass is 16.4. The van der Waals surface area contributed by atoms with Gasteiger partial charge in [0.1, 0.15) is 5.82 Å². The number of carboxylic acid groups (broad SMARTS) is 1. The molecule has 2 fully saturated rings. The summed E-state index contributed by atoms with van der Waals surface area (Å²) in [5, 5.41) is 12.1. The van der Waals surface area contributed by atoms with Crippen molar-refractivity contribution in [3.8, 4) is 0 Å². The molecule has 0 unspecified atom stereocenters. The van der Waals surface area contributed by atoms with E-state index < -0.39 is 5.97 Å². The van der Waals surface area contributed by atoms with Crippen LogP contribution >= 0.6 is 0 Å². The van der Waals surface area contributed by atoms with E-state index in [2.05, 4.69) is 20.2 Å². The first-order valence-electron chi connectivity index (χ1n) is 9.41. The number of aromatic nitrogens is 2. The Hall–Kier alpha value is -1.95. The molecule has 1 aliphatic carbocycles. The molecular formula is C19H28N4O2. The summed E-state index contributed by atoms with van der Waals surface area (Å²) >= 11 is 0. The molecule has 0 spiro atoms. The minimum absolute atomic E-state index is 0.418. The lowest BCUT2D eigenvalue weighted by Crippen LogP contribution is -2.28. The van der Waals surface area contributed by atoms with Crippen LogP contribution in [0.1, 0.15) is 50.6 Å². The van der Waals surface area contributed by atoms with E-state index in [1.54, 1.807) is 12.4 Å². The molecule has 2 aliphatic rings.